The van der Waals surface area contributed by atoms with Crippen molar-refractivity contribution in [1.29, 1.82) is 0 Å². The molecule has 0 bridgehead atoms. The maximum Gasteiger partial charge on any atom is 0.0979 e. The van der Waals surface area contributed by atoms with Crippen LogP contribution in [0.3, 0.4) is 0 Å². The molecule has 0 saturated heterocycles. The molecule has 2 rings (SSSR count). The Kier molecular flexibility index (Phi) is 8.61. The smallest absolute Gasteiger partial charge is 0.0979 e. The summed E-state index contributed by atoms with van der Waals surface area (Å²) in [5.41, 5.74) is 0. The van der Waals surface area contributed by atoms with Gasteiger partial charge in [0.1, 0.15) is 0 Å². The summed E-state index contributed by atoms with van der Waals surface area (Å²) < 4.78 is 4.68. The Labute approximate surface area is 78.8 Å². The second kappa shape index (κ2) is 8.39. The molecule has 5 heteroatoms. The van der Waals surface area contributed by atoms with Crippen LogP contribution in [0.15, 0.2) is 23.8 Å². The molecule has 0 saturated carbocycles. The zero-order valence-electron chi connectivity index (χ0n) is 5.86. The summed E-state index contributed by atoms with van der Waals surface area (Å²) in [6.45, 7) is 0. The first-order chi connectivity index (χ1) is 5.00. The molecule has 2 nitrogen and oxygen atoms in total. The monoisotopic (exact) mass is 210 g/mol. The van der Waals surface area contributed by atoms with E-state index in [1.54, 1.807) is 6.26 Å². The molecule has 0 atom stereocenters. The molecule has 0 amide bonds. The lowest BCUT2D eigenvalue weighted by molar-refractivity contribution is 0.579. The maximum atomic E-state index is 4.68. The molecule has 0 aromatic carbocycles. The minimum atomic E-state index is 0. The van der Waals surface area contributed by atoms with Crippen molar-refractivity contribution in [2.75, 3.05) is 11.5 Å². The van der Waals surface area contributed by atoms with E-state index >= 15 is 0 Å². The molecule has 0 fully saturated rings. The lowest BCUT2D eigenvalue weighted by atomic mass is 10.7. The fourth-order valence-electron chi connectivity index (χ4n) is 0.393. The van der Waals surface area contributed by atoms with Crippen LogP contribution in [0.4, 0.5) is 0 Å². The van der Waals surface area contributed by atoms with Crippen LogP contribution in [0, 0.1) is 0 Å². The van der Waals surface area contributed by atoms with Crippen molar-refractivity contribution in [3.05, 3.63) is 23.8 Å². The van der Waals surface area contributed by atoms with E-state index in [0.29, 0.717) is 0 Å². The summed E-state index contributed by atoms with van der Waals surface area (Å²) in [5, 5.41) is 2.12. The molecule has 11 heavy (non-hydrogen) atoms. The molecule has 2 heterocycles. The minimum Gasteiger partial charge on any atom is -0.433 e. The van der Waals surface area contributed by atoms with Crippen molar-refractivity contribution < 1.29 is 9.66 Å². The van der Waals surface area contributed by atoms with Crippen molar-refractivity contribution in [1.82, 2.24) is 0 Å². The van der Waals surface area contributed by atoms with Gasteiger partial charge in [-0.3, -0.25) is 0 Å². The molecule has 2 N–H and O–H groups in total. The second-order valence-corrected chi connectivity index (χ2v) is 4.58. The van der Waals surface area contributed by atoms with Crippen LogP contribution in [-0.2, 0) is 4.18 Å². The van der Waals surface area contributed by atoms with Gasteiger partial charge in [-0.05, 0) is 11.5 Å². The third kappa shape index (κ3) is 6.68. The van der Waals surface area contributed by atoms with E-state index in [9.17, 15) is 0 Å². The molecular weight excluding hydrogens is 200 g/mol. The molecule has 0 aromatic heterocycles. The fourth-order valence-corrected chi connectivity index (χ4v) is 2.36. The summed E-state index contributed by atoms with van der Waals surface area (Å²) in [7, 11) is 3.69. The molecule has 0 unspecified atom stereocenters. The van der Waals surface area contributed by atoms with Gasteiger partial charge in [-0.1, -0.05) is 27.7 Å². The van der Waals surface area contributed by atoms with Gasteiger partial charge in [0.2, 0.25) is 0 Å². The van der Waals surface area contributed by atoms with Gasteiger partial charge in [-0.15, -0.1) is 0 Å². The molecule has 0 spiro atoms. The van der Waals surface area contributed by atoms with E-state index in [1.165, 1.54) is 17.8 Å². The summed E-state index contributed by atoms with van der Waals surface area (Å²) in [6.07, 6.45) is 5.84. The van der Waals surface area contributed by atoms with Gasteiger partial charge < -0.3 is 9.66 Å². The van der Waals surface area contributed by atoms with E-state index in [1.807, 2.05) is 27.7 Å². The summed E-state index contributed by atoms with van der Waals surface area (Å²) in [5.74, 6) is 2.21. The predicted octanol–water partition coefficient (Wildman–Crippen LogP) is 2.25. The lowest BCUT2D eigenvalue weighted by Gasteiger charge is -1.76. The van der Waals surface area contributed by atoms with Gasteiger partial charge in [0.05, 0.1) is 24.1 Å². The van der Waals surface area contributed by atoms with E-state index in [0.717, 1.165) is 5.75 Å². The van der Waals surface area contributed by atoms with Gasteiger partial charge in [-0.25, -0.2) is 0 Å². The lowest BCUT2D eigenvalue weighted by Crippen LogP contribution is -1.50. The van der Waals surface area contributed by atoms with Crippen LogP contribution in [0.25, 0.3) is 0 Å². The van der Waals surface area contributed by atoms with Crippen LogP contribution in [-0.4, -0.2) is 17.0 Å². The molecule has 0 radical (unpaired) electrons. The highest BCUT2D eigenvalue weighted by molar-refractivity contribution is 8.78. The zero-order chi connectivity index (χ0) is 7.07. The van der Waals surface area contributed by atoms with Gasteiger partial charge in [0, 0.05) is 5.75 Å². The molecule has 64 valence electrons. The first-order valence-corrected chi connectivity index (χ1v) is 6.16. The number of hydrogen-bond donors (Lipinski definition) is 0. The Morgan fingerprint density at radius 3 is 2.27 bits per heavy atom. The summed E-state index contributed by atoms with van der Waals surface area (Å²) in [6, 6.07) is 0. The third-order valence-corrected chi connectivity index (χ3v) is 3.26. The van der Waals surface area contributed by atoms with Gasteiger partial charge in [0.25, 0.3) is 0 Å². The van der Waals surface area contributed by atoms with E-state index in [-0.39, 0.29) is 5.48 Å². The highest BCUT2D eigenvalue weighted by atomic mass is 33.1. The Hall–Kier alpha value is 0.290. The third-order valence-electron chi connectivity index (χ3n) is 0.768. The molecule has 2 aliphatic rings. The topological polar surface area (TPSA) is 40.7 Å². The zero-order valence-corrected chi connectivity index (χ0v) is 8.31. The van der Waals surface area contributed by atoms with Crippen molar-refractivity contribution >= 4 is 33.6 Å². The molecular formula is C6H10O2S3. The van der Waals surface area contributed by atoms with E-state index < -0.39 is 0 Å². The highest BCUT2D eigenvalue weighted by Gasteiger charge is 1.86. The van der Waals surface area contributed by atoms with Gasteiger partial charge in [-0.2, -0.15) is 0 Å². The van der Waals surface area contributed by atoms with Crippen molar-refractivity contribution in [3.63, 3.8) is 0 Å². The Bertz CT molecular complexity index is 108. The summed E-state index contributed by atoms with van der Waals surface area (Å²) >= 11 is 1.46. The largest absolute Gasteiger partial charge is 0.433 e. The average molecular weight is 210 g/mol. The standard InChI is InChI=1S/C3H4OS.C3H4S2.H2O/c2*1-2-4-5-3-1;/h2*1-2H,3H2;1H2. The fraction of sp³-hybridized carbons (Fsp3) is 0.333. The Morgan fingerprint density at radius 2 is 2.09 bits per heavy atom. The molecule has 0 aromatic rings. The maximum absolute atomic E-state index is 4.68. The van der Waals surface area contributed by atoms with Crippen molar-refractivity contribution in [3.8, 4) is 0 Å². The van der Waals surface area contributed by atoms with Crippen LogP contribution in [0.5, 0.6) is 0 Å². The van der Waals surface area contributed by atoms with Crippen molar-refractivity contribution in [2.45, 2.75) is 0 Å². The molecule has 0 aliphatic carbocycles. The SMILES string of the molecule is C1=COSC1.C1=CSSC1.O. The van der Waals surface area contributed by atoms with E-state index in [4.69, 9.17) is 0 Å². The van der Waals surface area contributed by atoms with Crippen molar-refractivity contribution in [2.24, 2.45) is 0 Å². The normalized spacial score (nSPS) is 18.2. The van der Waals surface area contributed by atoms with Gasteiger partial charge in [0.15, 0.2) is 0 Å². The van der Waals surface area contributed by atoms with E-state index in [2.05, 4.69) is 15.7 Å². The van der Waals surface area contributed by atoms with Crippen LogP contribution in [0.2, 0.25) is 0 Å². The van der Waals surface area contributed by atoms with Gasteiger partial charge >= 0.3 is 0 Å². The Morgan fingerprint density at radius 1 is 1.18 bits per heavy atom. The first-order valence-electron chi connectivity index (χ1n) is 2.87. The van der Waals surface area contributed by atoms with Crippen LogP contribution in [0.1, 0.15) is 0 Å². The highest BCUT2D eigenvalue weighted by Crippen LogP contribution is 2.27. The second-order valence-electron chi connectivity index (χ2n) is 1.51. The molecule has 2 aliphatic heterocycles. The minimum absolute atomic E-state index is 0. The Balaban J connectivity index is 0.000000167. The first kappa shape index (κ1) is 11.3. The average Bonchev–Trinajstić information content (AvgIpc) is 2.67. The predicted molar refractivity (Wildman–Crippen MR) is 55.5 cm³/mol. The summed E-state index contributed by atoms with van der Waals surface area (Å²) in [4.78, 5) is 0. The van der Waals surface area contributed by atoms with Crippen LogP contribution < -0.4 is 0 Å². The number of hydrogen-bond acceptors (Lipinski definition) is 4. The number of rotatable bonds is 0. The van der Waals surface area contributed by atoms with Crippen LogP contribution >= 0.6 is 33.6 Å². The quantitative estimate of drug-likeness (QED) is 0.454.